The van der Waals surface area contributed by atoms with E-state index >= 15 is 0 Å². The van der Waals surface area contributed by atoms with Gasteiger partial charge in [-0.15, -0.1) is 0 Å². The van der Waals surface area contributed by atoms with Gasteiger partial charge in [0.05, 0.1) is 12.6 Å². The molecule has 5 nitrogen and oxygen atoms in total. The molecule has 2 atom stereocenters. The number of Topliss-reactive ketones (excluding diaryl/α,β-unsaturated/α-hetero) is 1. The molecule has 0 aromatic heterocycles. The van der Waals surface area contributed by atoms with Crippen molar-refractivity contribution in [1.29, 1.82) is 0 Å². The SMILES string of the molecule is CC(=O)C(NC(=O)CN1CCNCC1C)C(C)C. The van der Waals surface area contributed by atoms with Crippen LogP contribution < -0.4 is 10.6 Å². The van der Waals surface area contributed by atoms with E-state index in [1.165, 1.54) is 6.92 Å². The lowest BCUT2D eigenvalue weighted by molar-refractivity contribution is -0.128. The zero-order valence-corrected chi connectivity index (χ0v) is 11.8. The van der Waals surface area contributed by atoms with Gasteiger partial charge in [-0.25, -0.2) is 0 Å². The highest BCUT2D eigenvalue weighted by molar-refractivity contribution is 5.88. The van der Waals surface area contributed by atoms with Gasteiger partial charge in [0.25, 0.3) is 0 Å². The van der Waals surface area contributed by atoms with Crippen LogP contribution in [-0.2, 0) is 9.59 Å². The van der Waals surface area contributed by atoms with Gasteiger partial charge in [-0.2, -0.15) is 0 Å². The first kappa shape index (κ1) is 15.1. The van der Waals surface area contributed by atoms with Gasteiger partial charge in [-0.05, 0) is 19.8 Å². The lowest BCUT2D eigenvalue weighted by atomic mass is 10.0. The number of rotatable bonds is 5. The number of nitrogens with one attached hydrogen (secondary N) is 2. The molecule has 104 valence electrons. The van der Waals surface area contributed by atoms with E-state index in [0.29, 0.717) is 12.6 Å². The van der Waals surface area contributed by atoms with Crippen molar-refractivity contribution >= 4 is 11.7 Å². The maximum atomic E-state index is 12.0. The molecular weight excluding hydrogens is 230 g/mol. The fraction of sp³-hybridized carbons (Fsp3) is 0.846. The van der Waals surface area contributed by atoms with Crippen LogP contribution in [0.4, 0.5) is 0 Å². The van der Waals surface area contributed by atoms with Crippen LogP contribution in [0.5, 0.6) is 0 Å². The molecule has 0 aromatic rings. The Morgan fingerprint density at radius 1 is 1.44 bits per heavy atom. The van der Waals surface area contributed by atoms with Gasteiger partial charge in [0.2, 0.25) is 5.91 Å². The lowest BCUT2D eigenvalue weighted by Crippen LogP contribution is -2.54. The molecule has 1 rings (SSSR count). The fourth-order valence-corrected chi connectivity index (χ4v) is 2.26. The number of piperazine rings is 1. The van der Waals surface area contributed by atoms with E-state index in [9.17, 15) is 9.59 Å². The standard InChI is InChI=1S/C13H25N3O2/c1-9(2)13(11(4)17)15-12(18)8-16-6-5-14-7-10(16)3/h9-10,13-14H,5-8H2,1-4H3,(H,15,18). The second-order valence-electron chi connectivity index (χ2n) is 5.42. The third-order valence-electron chi connectivity index (χ3n) is 3.41. The van der Waals surface area contributed by atoms with Gasteiger partial charge < -0.3 is 10.6 Å². The average molecular weight is 255 g/mol. The Kier molecular flexibility index (Phi) is 5.75. The molecule has 1 saturated heterocycles. The maximum absolute atomic E-state index is 12.0. The second-order valence-corrected chi connectivity index (χ2v) is 5.42. The summed E-state index contributed by atoms with van der Waals surface area (Å²) in [5, 5.41) is 6.12. The van der Waals surface area contributed by atoms with Crippen LogP contribution in [0.3, 0.4) is 0 Å². The van der Waals surface area contributed by atoms with E-state index in [4.69, 9.17) is 0 Å². The first-order valence-electron chi connectivity index (χ1n) is 6.66. The van der Waals surface area contributed by atoms with Crippen molar-refractivity contribution in [3.8, 4) is 0 Å². The summed E-state index contributed by atoms with van der Waals surface area (Å²) in [5.74, 6) is 0.0938. The number of hydrogen-bond donors (Lipinski definition) is 2. The summed E-state index contributed by atoms with van der Waals surface area (Å²) < 4.78 is 0. The van der Waals surface area contributed by atoms with Crippen molar-refractivity contribution < 1.29 is 9.59 Å². The van der Waals surface area contributed by atoms with Gasteiger partial charge in [-0.1, -0.05) is 13.8 Å². The van der Waals surface area contributed by atoms with E-state index < -0.39 is 0 Å². The summed E-state index contributed by atoms with van der Waals surface area (Å²) in [6.07, 6.45) is 0. The first-order chi connectivity index (χ1) is 8.41. The van der Waals surface area contributed by atoms with Crippen molar-refractivity contribution in [1.82, 2.24) is 15.5 Å². The maximum Gasteiger partial charge on any atom is 0.234 e. The molecule has 18 heavy (non-hydrogen) atoms. The molecule has 1 amide bonds. The van der Waals surface area contributed by atoms with Gasteiger partial charge in [0.1, 0.15) is 0 Å². The van der Waals surface area contributed by atoms with Gasteiger partial charge in [0.15, 0.2) is 5.78 Å². The van der Waals surface area contributed by atoms with Crippen molar-refractivity contribution in [2.45, 2.75) is 39.8 Å². The number of ketones is 1. The van der Waals surface area contributed by atoms with Crippen LogP contribution in [-0.4, -0.2) is 54.9 Å². The Morgan fingerprint density at radius 2 is 2.11 bits per heavy atom. The largest absolute Gasteiger partial charge is 0.345 e. The topological polar surface area (TPSA) is 61.4 Å². The van der Waals surface area contributed by atoms with E-state index in [1.54, 1.807) is 0 Å². The molecule has 5 heteroatoms. The highest BCUT2D eigenvalue weighted by Gasteiger charge is 2.24. The molecule has 0 saturated carbocycles. The normalized spacial score (nSPS) is 22.8. The van der Waals surface area contributed by atoms with Crippen LogP contribution in [0.2, 0.25) is 0 Å². The quantitative estimate of drug-likeness (QED) is 0.726. The molecule has 0 spiro atoms. The average Bonchev–Trinajstić information content (AvgIpc) is 2.28. The molecule has 1 heterocycles. The number of hydrogen-bond acceptors (Lipinski definition) is 4. The molecule has 2 unspecified atom stereocenters. The zero-order valence-electron chi connectivity index (χ0n) is 11.8. The Morgan fingerprint density at radius 3 is 2.61 bits per heavy atom. The molecule has 0 bridgehead atoms. The van der Waals surface area contributed by atoms with Gasteiger partial charge >= 0.3 is 0 Å². The minimum atomic E-state index is -0.365. The van der Waals surface area contributed by atoms with Gasteiger partial charge in [0, 0.05) is 25.7 Å². The van der Waals surface area contributed by atoms with Crippen LogP contribution in [0.15, 0.2) is 0 Å². The van der Waals surface area contributed by atoms with E-state index in [-0.39, 0.29) is 23.7 Å². The predicted octanol–water partition coefficient (Wildman–Crippen LogP) is 0.00990. The van der Waals surface area contributed by atoms with Crippen molar-refractivity contribution in [3.05, 3.63) is 0 Å². The smallest absolute Gasteiger partial charge is 0.234 e. The first-order valence-corrected chi connectivity index (χ1v) is 6.66. The highest BCUT2D eigenvalue weighted by Crippen LogP contribution is 2.05. The highest BCUT2D eigenvalue weighted by atomic mass is 16.2. The van der Waals surface area contributed by atoms with E-state index in [0.717, 1.165) is 19.6 Å². The van der Waals surface area contributed by atoms with Crippen LogP contribution in [0, 0.1) is 5.92 Å². The molecule has 0 radical (unpaired) electrons. The Hall–Kier alpha value is -0.940. The summed E-state index contributed by atoms with van der Waals surface area (Å²) in [5.41, 5.74) is 0. The molecule has 1 aliphatic heterocycles. The predicted molar refractivity (Wildman–Crippen MR) is 71.4 cm³/mol. The number of carbonyl (C=O) groups excluding carboxylic acids is 2. The fourth-order valence-electron chi connectivity index (χ4n) is 2.26. The Labute approximate surface area is 109 Å². The number of nitrogens with zero attached hydrogens (tertiary/aromatic N) is 1. The van der Waals surface area contributed by atoms with Crippen molar-refractivity contribution in [3.63, 3.8) is 0 Å². The molecule has 1 fully saturated rings. The zero-order chi connectivity index (χ0) is 13.7. The molecule has 1 aliphatic rings. The molecule has 0 aromatic carbocycles. The minimum absolute atomic E-state index is 0.0201. The molecule has 0 aliphatic carbocycles. The summed E-state index contributed by atoms with van der Waals surface area (Å²) in [7, 11) is 0. The number of amides is 1. The van der Waals surface area contributed by atoms with Crippen LogP contribution >= 0.6 is 0 Å². The Balaban J connectivity index is 2.47. The summed E-state index contributed by atoms with van der Waals surface area (Å²) >= 11 is 0. The van der Waals surface area contributed by atoms with Crippen molar-refractivity contribution in [2.75, 3.05) is 26.2 Å². The van der Waals surface area contributed by atoms with E-state index in [2.05, 4.69) is 22.5 Å². The number of carbonyl (C=O) groups is 2. The summed E-state index contributed by atoms with van der Waals surface area (Å²) in [6, 6.07) is -0.00458. The van der Waals surface area contributed by atoms with Crippen LogP contribution in [0.1, 0.15) is 27.7 Å². The molecular formula is C13H25N3O2. The summed E-state index contributed by atoms with van der Waals surface area (Å²) in [4.78, 5) is 25.5. The third-order valence-corrected chi connectivity index (χ3v) is 3.41. The monoisotopic (exact) mass is 255 g/mol. The van der Waals surface area contributed by atoms with Crippen LogP contribution in [0.25, 0.3) is 0 Å². The summed E-state index contributed by atoms with van der Waals surface area (Å²) in [6.45, 7) is 10.6. The molecule has 2 N–H and O–H groups in total. The Bertz CT molecular complexity index is 305. The van der Waals surface area contributed by atoms with E-state index in [1.807, 2.05) is 13.8 Å². The van der Waals surface area contributed by atoms with Gasteiger partial charge in [-0.3, -0.25) is 14.5 Å². The third kappa shape index (κ3) is 4.38. The lowest BCUT2D eigenvalue weighted by Gasteiger charge is -2.33. The second kappa shape index (κ2) is 6.85. The van der Waals surface area contributed by atoms with Crippen molar-refractivity contribution in [2.24, 2.45) is 5.92 Å². The minimum Gasteiger partial charge on any atom is -0.345 e.